The third kappa shape index (κ3) is 4.98. The van der Waals surface area contributed by atoms with Gasteiger partial charge in [0.2, 0.25) is 0 Å². The number of nitrogens with one attached hydrogen (secondary N) is 1. The first-order valence-electron chi connectivity index (χ1n) is 7.37. The van der Waals surface area contributed by atoms with E-state index in [-0.39, 0.29) is 0 Å². The molecule has 22 heavy (non-hydrogen) atoms. The van der Waals surface area contributed by atoms with Gasteiger partial charge in [0.25, 0.3) is 0 Å². The molecule has 4 heteroatoms. The van der Waals surface area contributed by atoms with Gasteiger partial charge in [0, 0.05) is 19.7 Å². The fourth-order valence-electron chi connectivity index (χ4n) is 2.14. The molecule has 116 valence electrons. The lowest BCUT2D eigenvalue weighted by atomic mass is 10.1. The minimum atomic E-state index is -0.897. The summed E-state index contributed by atoms with van der Waals surface area (Å²) in [5.41, 5.74) is 3.64. The Morgan fingerprint density at radius 2 is 1.73 bits per heavy atom. The van der Waals surface area contributed by atoms with Crippen molar-refractivity contribution in [1.82, 2.24) is 5.32 Å². The average molecular weight is 299 g/mol. The van der Waals surface area contributed by atoms with E-state index < -0.39 is 5.97 Å². The molecule has 0 aliphatic carbocycles. The molecular formula is C18H21NO3. The number of carboxylic acids is 1. The topological polar surface area (TPSA) is 58.6 Å². The second-order valence-electron chi connectivity index (χ2n) is 5.06. The van der Waals surface area contributed by atoms with Crippen LogP contribution in [-0.4, -0.2) is 17.7 Å². The van der Waals surface area contributed by atoms with Crippen LogP contribution in [0.25, 0.3) is 0 Å². The van der Waals surface area contributed by atoms with E-state index in [1.54, 1.807) is 18.2 Å². The highest BCUT2D eigenvalue weighted by atomic mass is 16.5. The Labute approximate surface area is 130 Å². The van der Waals surface area contributed by atoms with Crippen LogP contribution < -0.4 is 5.32 Å². The molecule has 2 aromatic carbocycles. The van der Waals surface area contributed by atoms with Gasteiger partial charge >= 0.3 is 5.97 Å². The van der Waals surface area contributed by atoms with Crippen LogP contribution in [0.4, 0.5) is 0 Å². The fourth-order valence-corrected chi connectivity index (χ4v) is 2.14. The molecule has 0 aliphatic heterocycles. The van der Waals surface area contributed by atoms with Crippen molar-refractivity contribution >= 4 is 5.97 Å². The number of hydrogen-bond donors (Lipinski definition) is 2. The molecule has 0 bridgehead atoms. The summed E-state index contributed by atoms with van der Waals surface area (Å²) >= 11 is 0. The van der Waals surface area contributed by atoms with Crippen LogP contribution in [-0.2, 0) is 24.4 Å². The van der Waals surface area contributed by atoms with Crippen LogP contribution in [0.1, 0.15) is 34.0 Å². The first-order chi connectivity index (χ1) is 10.7. The second-order valence-corrected chi connectivity index (χ2v) is 5.06. The summed E-state index contributed by atoms with van der Waals surface area (Å²) in [5.74, 6) is -0.897. The summed E-state index contributed by atoms with van der Waals surface area (Å²) in [6, 6.07) is 15.3. The van der Waals surface area contributed by atoms with Gasteiger partial charge in [-0.05, 0) is 35.7 Å². The van der Waals surface area contributed by atoms with Gasteiger partial charge in [-0.25, -0.2) is 4.79 Å². The predicted molar refractivity (Wildman–Crippen MR) is 85.7 cm³/mol. The number of aromatic carboxylic acids is 1. The molecule has 0 aliphatic rings. The standard InChI is InChI=1S/C18H21NO3/c1-2-22-13-15-8-6-14(7-9-15)11-19-12-16-4-3-5-17(10-16)18(20)21/h3-10,19H,2,11-13H2,1H3,(H,20,21). The number of benzene rings is 2. The number of carbonyl (C=O) groups is 1. The Kier molecular flexibility index (Phi) is 6.13. The molecule has 0 atom stereocenters. The highest BCUT2D eigenvalue weighted by Gasteiger charge is 2.03. The van der Waals surface area contributed by atoms with Gasteiger partial charge in [0.1, 0.15) is 0 Å². The summed E-state index contributed by atoms with van der Waals surface area (Å²) in [5, 5.41) is 12.3. The van der Waals surface area contributed by atoms with Gasteiger partial charge in [0.05, 0.1) is 12.2 Å². The van der Waals surface area contributed by atoms with E-state index in [2.05, 4.69) is 29.6 Å². The first kappa shape index (κ1) is 16.2. The largest absolute Gasteiger partial charge is 0.478 e. The summed E-state index contributed by atoms with van der Waals surface area (Å²) in [4.78, 5) is 10.9. The highest BCUT2D eigenvalue weighted by molar-refractivity contribution is 5.87. The molecule has 0 heterocycles. The minimum absolute atomic E-state index is 0.319. The van der Waals surface area contributed by atoms with Crippen molar-refractivity contribution in [1.29, 1.82) is 0 Å². The minimum Gasteiger partial charge on any atom is -0.478 e. The van der Waals surface area contributed by atoms with Crippen LogP contribution >= 0.6 is 0 Å². The van der Waals surface area contributed by atoms with E-state index in [1.165, 1.54) is 11.1 Å². The van der Waals surface area contributed by atoms with Gasteiger partial charge in [-0.15, -0.1) is 0 Å². The fraction of sp³-hybridized carbons (Fsp3) is 0.278. The Morgan fingerprint density at radius 1 is 1.05 bits per heavy atom. The first-order valence-corrected chi connectivity index (χ1v) is 7.37. The molecule has 0 unspecified atom stereocenters. The van der Waals surface area contributed by atoms with Crippen LogP contribution in [0, 0.1) is 0 Å². The third-order valence-electron chi connectivity index (χ3n) is 3.33. The van der Waals surface area contributed by atoms with Crippen molar-refractivity contribution in [2.24, 2.45) is 0 Å². The number of rotatable bonds is 8. The smallest absolute Gasteiger partial charge is 0.335 e. The molecule has 0 saturated heterocycles. The maximum atomic E-state index is 10.9. The normalized spacial score (nSPS) is 10.6. The number of ether oxygens (including phenoxy) is 1. The molecule has 0 amide bonds. The van der Waals surface area contributed by atoms with Crippen molar-refractivity contribution in [3.05, 3.63) is 70.8 Å². The third-order valence-corrected chi connectivity index (χ3v) is 3.33. The predicted octanol–water partition coefficient (Wildman–Crippen LogP) is 3.21. The van der Waals surface area contributed by atoms with E-state index in [9.17, 15) is 4.79 Å². The molecular weight excluding hydrogens is 278 g/mol. The SMILES string of the molecule is CCOCc1ccc(CNCc2cccc(C(=O)O)c2)cc1. The second kappa shape index (κ2) is 8.32. The molecule has 0 aromatic heterocycles. The molecule has 0 fully saturated rings. The summed E-state index contributed by atoms with van der Waals surface area (Å²) < 4.78 is 5.37. The van der Waals surface area contributed by atoms with Gasteiger partial charge in [0.15, 0.2) is 0 Å². The quantitative estimate of drug-likeness (QED) is 0.786. The Hall–Kier alpha value is -2.17. The van der Waals surface area contributed by atoms with Crippen LogP contribution in [0.15, 0.2) is 48.5 Å². The lowest BCUT2D eigenvalue weighted by Gasteiger charge is -2.07. The monoisotopic (exact) mass is 299 g/mol. The van der Waals surface area contributed by atoms with E-state index in [4.69, 9.17) is 9.84 Å². The zero-order valence-corrected chi connectivity index (χ0v) is 12.7. The number of carboxylic acid groups (broad SMARTS) is 1. The maximum absolute atomic E-state index is 10.9. The average Bonchev–Trinajstić information content (AvgIpc) is 2.54. The summed E-state index contributed by atoms with van der Waals surface area (Å²) in [7, 11) is 0. The van der Waals surface area contributed by atoms with Crippen LogP contribution in [0.2, 0.25) is 0 Å². The Morgan fingerprint density at radius 3 is 2.41 bits per heavy atom. The Balaban J connectivity index is 1.83. The molecule has 0 saturated carbocycles. The molecule has 4 nitrogen and oxygen atoms in total. The van der Waals surface area contributed by atoms with Gasteiger partial charge < -0.3 is 15.2 Å². The van der Waals surface area contributed by atoms with E-state index in [0.29, 0.717) is 18.7 Å². The van der Waals surface area contributed by atoms with Crippen molar-refractivity contribution in [2.45, 2.75) is 26.6 Å². The highest BCUT2D eigenvalue weighted by Crippen LogP contribution is 2.08. The van der Waals surface area contributed by atoms with Crippen LogP contribution in [0.3, 0.4) is 0 Å². The van der Waals surface area contributed by atoms with Crippen molar-refractivity contribution in [2.75, 3.05) is 6.61 Å². The van der Waals surface area contributed by atoms with Crippen molar-refractivity contribution < 1.29 is 14.6 Å². The van der Waals surface area contributed by atoms with Gasteiger partial charge in [-0.1, -0.05) is 36.4 Å². The molecule has 2 aromatic rings. The summed E-state index contributed by atoms with van der Waals surface area (Å²) in [6.45, 7) is 4.73. The van der Waals surface area contributed by atoms with Gasteiger partial charge in [-0.3, -0.25) is 0 Å². The van der Waals surface area contributed by atoms with E-state index in [0.717, 1.165) is 18.7 Å². The van der Waals surface area contributed by atoms with E-state index >= 15 is 0 Å². The maximum Gasteiger partial charge on any atom is 0.335 e. The lowest BCUT2D eigenvalue weighted by molar-refractivity contribution is 0.0696. The molecule has 2 rings (SSSR count). The number of hydrogen-bond acceptors (Lipinski definition) is 3. The molecule has 0 radical (unpaired) electrons. The molecule has 0 spiro atoms. The molecule has 2 N–H and O–H groups in total. The zero-order chi connectivity index (χ0) is 15.8. The lowest BCUT2D eigenvalue weighted by Crippen LogP contribution is -2.13. The summed E-state index contributed by atoms with van der Waals surface area (Å²) in [6.07, 6.45) is 0. The zero-order valence-electron chi connectivity index (χ0n) is 12.7. The van der Waals surface area contributed by atoms with Crippen molar-refractivity contribution in [3.63, 3.8) is 0 Å². The van der Waals surface area contributed by atoms with E-state index in [1.807, 2.05) is 13.0 Å². The van der Waals surface area contributed by atoms with Crippen molar-refractivity contribution in [3.8, 4) is 0 Å². The van der Waals surface area contributed by atoms with Gasteiger partial charge in [-0.2, -0.15) is 0 Å². The Bertz CT molecular complexity index is 608. The van der Waals surface area contributed by atoms with Crippen LogP contribution in [0.5, 0.6) is 0 Å².